The molecular weight excluding hydrogens is 396 g/mol. The molecule has 0 aliphatic carbocycles. The molecule has 0 fully saturated rings. The number of hydrogen-bond acceptors (Lipinski definition) is 3. The van der Waals surface area contributed by atoms with E-state index in [0.717, 1.165) is 29.0 Å². The van der Waals surface area contributed by atoms with Gasteiger partial charge in [0.15, 0.2) is 0 Å². The van der Waals surface area contributed by atoms with Gasteiger partial charge in [-0.2, -0.15) is 0 Å². The molecule has 28 heavy (non-hydrogen) atoms. The molecule has 2 aromatic carbocycles. The quantitative estimate of drug-likeness (QED) is 0.622. The summed E-state index contributed by atoms with van der Waals surface area (Å²) in [5.74, 6) is -0.308. The van der Waals surface area contributed by atoms with Crippen molar-refractivity contribution in [1.29, 1.82) is 0 Å². The topological polar surface area (TPSA) is 66.5 Å². The number of rotatable bonds is 9. The Hall–Kier alpha value is -2.05. The van der Waals surface area contributed by atoms with Gasteiger partial charge in [-0.3, -0.25) is 9.10 Å². The highest BCUT2D eigenvalue weighted by Gasteiger charge is 2.31. The van der Waals surface area contributed by atoms with Crippen molar-refractivity contribution in [2.75, 3.05) is 17.1 Å². The van der Waals surface area contributed by atoms with Gasteiger partial charge in [-0.15, -0.1) is 0 Å². The number of amides is 1. The van der Waals surface area contributed by atoms with Crippen molar-refractivity contribution < 1.29 is 13.2 Å². The second kappa shape index (κ2) is 9.94. The minimum absolute atomic E-state index is 0.308. The number of hydrogen-bond donors (Lipinski definition) is 1. The first-order valence-corrected chi connectivity index (χ1v) is 11.5. The summed E-state index contributed by atoms with van der Waals surface area (Å²) >= 11 is 6.17. The number of nitrogens with zero attached hydrogens (tertiary/aromatic N) is 1. The highest BCUT2D eigenvalue weighted by molar-refractivity contribution is 7.92. The average Bonchev–Trinajstić information content (AvgIpc) is 2.65. The zero-order valence-electron chi connectivity index (χ0n) is 16.5. The fourth-order valence-corrected chi connectivity index (χ4v) is 4.42. The van der Waals surface area contributed by atoms with Gasteiger partial charge in [-0.1, -0.05) is 54.9 Å². The number of anilines is 1. The molecule has 2 rings (SSSR count). The van der Waals surface area contributed by atoms with Crippen LogP contribution in [0.4, 0.5) is 5.69 Å². The predicted octanol–water partition coefficient (Wildman–Crippen LogP) is 3.94. The van der Waals surface area contributed by atoms with E-state index >= 15 is 0 Å². The Bertz CT molecular complexity index is 901. The molecule has 0 aromatic heterocycles. The predicted molar refractivity (Wildman–Crippen MR) is 115 cm³/mol. The molecule has 0 radical (unpaired) electrons. The monoisotopic (exact) mass is 422 g/mol. The van der Waals surface area contributed by atoms with Crippen LogP contribution in [-0.4, -0.2) is 33.2 Å². The average molecular weight is 423 g/mol. The van der Waals surface area contributed by atoms with E-state index in [9.17, 15) is 13.2 Å². The standard InChI is InChI=1S/C21H27ClN2O3S/c1-4-20(21(25)23-14-8-11-17-9-6-5-7-10-17)24(28(3,26)27)18-13-12-16(2)19(22)15-18/h5-7,9-10,12-13,15,20H,4,8,11,14H2,1-3H3,(H,23,25). The third-order valence-corrected chi connectivity index (χ3v) is 6.11. The molecule has 2 aromatic rings. The lowest BCUT2D eigenvalue weighted by molar-refractivity contribution is -0.122. The van der Waals surface area contributed by atoms with Crippen molar-refractivity contribution in [2.24, 2.45) is 0 Å². The first-order valence-electron chi connectivity index (χ1n) is 9.31. The van der Waals surface area contributed by atoms with Crippen LogP contribution in [0.2, 0.25) is 5.02 Å². The summed E-state index contributed by atoms with van der Waals surface area (Å²) in [4.78, 5) is 12.7. The van der Waals surface area contributed by atoms with E-state index in [2.05, 4.69) is 5.32 Å². The van der Waals surface area contributed by atoms with Crippen LogP contribution in [0, 0.1) is 6.92 Å². The third kappa shape index (κ3) is 5.97. The Labute approximate surface area is 172 Å². The molecule has 1 amide bonds. The number of carbonyl (C=O) groups excluding carboxylic acids is 1. The maximum Gasteiger partial charge on any atom is 0.243 e. The van der Waals surface area contributed by atoms with Crippen LogP contribution in [0.3, 0.4) is 0 Å². The van der Waals surface area contributed by atoms with Gasteiger partial charge in [0.2, 0.25) is 15.9 Å². The Kier molecular flexibility index (Phi) is 7.89. The SMILES string of the molecule is CCC(C(=O)NCCCc1ccccc1)N(c1ccc(C)c(Cl)c1)S(C)(=O)=O. The summed E-state index contributed by atoms with van der Waals surface area (Å²) in [5, 5.41) is 3.34. The third-order valence-electron chi connectivity index (χ3n) is 4.52. The van der Waals surface area contributed by atoms with E-state index in [1.54, 1.807) is 25.1 Å². The second-order valence-corrected chi connectivity index (χ2v) is 9.06. The van der Waals surface area contributed by atoms with E-state index in [1.807, 2.05) is 37.3 Å². The molecule has 1 unspecified atom stereocenters. The van der Waals surface area contributed by atoms with Gasteiger partial charge in [0.1, 0.15) is 6.04 Å². The lowest BCUT2D eigenvalue weighted by Gasteiger charge is -2.30. The zero-order valence-corrected chi connectivity index (χ0v) is 18.1. The molecule has 1 atom stereocenters. The summed E-state index contributed by atoms with van der Waals surface area (Å²) in [6, 6.07) is 14.2. The van der Waals surface area contributed by atoms with Gasteiger partial charge in [-0.05, 0) is 49.4 Å². The number of benzene rings is 2. The van der Waals surface area contributed by atoms with Gasteiger partial charge in [0, 0.05) is 11.6 Å². The van der Waals surface area contributed by atoms with Gasteiger partial charge in [0.05, 0.1) is 11.9 Å². The zero-order chi connectivity index (χ0) is 20.7. The van der Waals surface area contributed by atoms with Crippen LogP contribution >= 0.6 is 11.6 Å². The Morgan fingerprint density at radius 1 is 1.18 bits per heavy atom. The number of nitrogens with one attached hydrogen (secondary N) is 1. The van der Waals surface area contributed by atoms with Crippen molar-refractivity contribution in [2.45, 2.75) is 39.2 Å². The molecule has 7 heteroatoms. The molecule has 0 aliphatic heterocycles. The van der Waals surface area contributed by atoms with Crippen molar-refractivity contribution in [3.05, 3.63) is 64.7 Å². The lowest BCUT2D eigenvalue weighted by Crippen LogP contribution is -2.49. The molecule has 0 saturated heterocycles. The Morgan fingerprint density at radius 3 is 2.43 bits per heavy atom. The maximum absolute atomic E-state index is 12.7. The summed E-state index contributed by atoms with van der Waals surface area (Å²) in [5.41, 5.74) is 2.44. The molecule has 0 saturated carbocycles. The van der Waals surface area contributed by atoms with Gasteiger partial charge >= 0.3 is 0 Å². The molecule has 1 N–H and O–H groups in total. The molecule has 0 bridgehead atoms. The van der Waals surface area contributed by atoms with E-state index in [0.29, 0.717) is 23.7 Å². The first kappa shape index (κ1) is 22.2. The summed E-state index contributed by atoms with van der Waals surface area (Å²) in [6.07, 6.45) is 3.08. The first-order chi connectivity index (χ1) is 13.2. The number of sulfonamides is 1. The largest absolute Gasteiger partial charge is 0.354 e. The normalized spacial score (nSPS) is 12.4. The van der Waals surface area contributed by atoms with Crippen molar-refractivity contribution in [3.8, 4) is 0 Å². The number of halogens is 1. The molecule has 152 valence electrons. The van der Waals surface area contributed by atoms with E-state index in [4.69, 9.17) is 11.6 Å². The molecule has 0 aliphatic rings. The van der Waals surface area contributed by atoms with Gasteiger partial charge < -0.3 is 5.32 Å². The highest BCUT2D eigenvalue weighted by atomic mass is 35.5. The van der Waals surface area contributed by atoms with Crippen LogP contribution in [0.1, 0.15) is 30.9 Å². The molecule has 0 heterocycles. The summed E-state index contributed by atoms with van der Waals surface area (Å²) in [6.45, 7) is 4.12. The fraction of sp³-hybridized carbons (Fsp3) is 0.381. The molecule has 5 nitrogen and oxygen atoms in total. The minimum atomic E-state index is -3.66. The number of carbonyl (C=O) groups is 1. The van der Waals surface area contributed by atoms with Crippen LogP contribution in [-0.2, 0) is 21.2 Å². The molecular formula is C21H27ClN2O3S. The van der Waals surface area contributed by atoms with Crippen LogP contribution < -0.4 is 9.62 Å². The van der Waals surface area contributed by atoms with Gasteiger partial charge in [-0.25, -0.2) is 8.42 Å². The van der Waals surface area contributed by atoms with E-state index in [1.165, 1.54) is 5.56 Å². The van der Waals surface area contributed by atoms with Crippen LogP contribution in [0.25, 0.3) is 0 Å². The molecule has 0 spiro atoms. The van der Waals surface area contributed by atoms with E-state index < -0.39 is 16.1 Å². The fourth-order valence-electron chi connectivity index (χ4n) is 3.05. The maximum atomic E-state index is 12.7. The summed E-state index contributed by atoms with van der Waals surface area (Å²) in [7, 11) is -3.66. The van der Waals surface area contributed by atoms with Crippen LogP contribution in [0.5, 0.6) is 0 Å². The lowest BCUT2D eigenvalue weighted by atomic mass is 10.1. The Morgan fingerprint density at radius 2 is 1.86 bits per heavy atom. The van der Waals surface area contributed by atoms with Crippen molar-refractivity contribution in [1.82, 2.24) is 5.32 Å². The second-order valence-electron chi connectivity index (χ2n) is 6.80. The highest BCUT2D eigenvalue weighted by Crippen LogP contribution is 2.27. The minimum Gasteiger partial charge on any atom is -0.354 e. The van der Waals surface area contributed by atoms with Crippen molar-refractivity contribution >= 4 is 33.2 Å². The Balaban J connectivity index is 2.09. The summed E-state index contributed by atoms with van der Waals surface area (Å²) < 4.78 is 26.1. The number of aryl methyl sites for hydroxylation is 2. The van der Waals surface area contributed by atoms with Crippen LogP contribution in [0.15, 0.2) is 48.5 Å². The van der Waals surface area contributed by atoms with E-state index in [-0.39, 0.29) is 5.91 Å². The van der Waals surface area contributed by atoms with Gasteiger partial charge in [0.25, 0.3) is 0 Å². The smallest absolute Gasteiger partial charge is 0.243 e. The van der Waals surface area contributed by atoms with Crippen molar-refractivity contribution in [3.63, 3.8) is 0 Å².